The molecule has 17 heavy (non-hydrogen) atoms. The SMILES string of the molecule is Cc1cc2c(cc1NCC(C)(C)CN)OCO2. The van der Waals surface area contributed by atoms with E-state index in [0.29, 0.717) is 13.3 Å². The van der Waals surface area contributed by atoms with E-state index in [1.165, 1.54) is 0 Å². The van der Waals surface area contributed by atoms with Crippen molar-refractivity contribution in [3.05, 3.63) is 17.7 Å². The van der Waals surface area contributed by atoms with Gasteiger partial charge in [-0.2, -0.15) is 0 Å². The first-order valence-electron chi connectivity index (χ1n) is 5.86. The molecular formula is C13H20N2O2. The number of nitrogens with one attached hydrogen (secondary N) is 1. The molecule has 1 aliphatic rings. The van der Waals surface area contributed by atoms with Gasteiger partial charge in [0.05, 0.1) is 0 Å². The maximum Gasteiger partial charge on any atom is 0.231 e. The van der Waals surface area contributed by atoms with Gasteiger partial charge in [-0.3, -0.25) is 0 Å². The molecular weight excluding hydrogens is 216 g/mol. The van der Waals surface area contributed by atoms with Gasteiger partial charge < -0.3 is 20.5 Å². The Kier molecular flexibility index (Phi) is 3.15. The van der Waals surface area contributed by atoms with Crippen molar-refractivity contribution in [2.75, 3.05) is 25.2 Å². The highest BCUT2D eigenvalue weighted by Crippen LogP contribution is 2.36. The number of hydrogen-bond acceptors (Lipinski definition) is 4. The number of rotatable bonds is 4. The van der Waals surface area contributed by atoms with E-state index in [9.17, 15) is 0 Å². The lowest BCUT2D eigenvalue weighted by Crippen LogP contribution is -2.31. The fourth-order valence-corrected chi connectivity index (χ4v) is 1.64. The minimum absolute atomic E-state index is 0.0861. The first-order valence-corrected chi connectivity index (χ1v) is 5.86. The summed E-state index contributed by atoms with van der Waals surface area (Å²) in [5.74, 6) is 1.63. The van der Waals surface area contributed by atoms with Gasteiger partial charge in [0.15, 0.2) is 11.5 Å². The Bertz CT molecular complexity index is 416. The van der Waals surface area contributed by atoms with Crippen LogP contribution in [0.25, 0.3) is 0 Å². The van der Waals surface area contributed by atoms with E-state index >= 15 is 0 Å². The zero-order valence-corrected chi connectivity index (χ0v) is 10.7. The van der Waals surface area contributed by atoms with Crippen molar-refractivity contribution >= 4 is 5.69 Å². The third kappa shape index (κ3) is 2.64. The molecule has 94 valence electrons. The van der Waals surface area contributed by atoms with Crippen LogP contribution in [0.1, 0.15) is 19.4 Å². The quantitative estimate of drug-likeness (QED) is 0.840. The second-order valence-corrected chi connectivity index (χ2v) is 5.24. The molecule has 0 bridgehead atoms. The lowest BCUT2D eigenvalue weighted by atomic mass is 9.93. The van der Waals surface area contributed by atoms with E-state index < -0.39 is 0 Å². The molecule has 0 spiro atoms. The van der Waals surface area contributed by atoms with E-state index in [4.69, 9.17) is 15.2 Å². The van der Waals surface area contributed by atoms with Gasteiger partial charge in [0.2, 0.25) is 6.79 Å². The second-order valence-electron chi connectivity index (χ2n) is 5.24. The summed E-state index contributed by atoms with van der Waals surface area (Å²) in [7, 11) is 0. The molecule has 0 saturated heterocycles. The summed E-state index contributed by atoms with van der Waals surface area (Å²) in [6.07, 6.45) is 0. The first-order chi connectivity index (χ1) is 8.02. The molecule has 1 aromatic carbocycles. The molecule has 0 radical (unpaired) electrons. The minimum Gasteiger partial charge on any atom is -0.454 e. The van der Waals surface area contributed by atoms with Crippen molar-refractivity contribution in [1.82, 2.24) is 0 Å². The lowest BCUT2D eigenvalue weighted by molar-refractivity contribution is 0.174. The van der Waals surface area contributed by atoms with E-state index in [1.54, 1.807) is 0 Å². The maximum absolute atomic E-state index is 5.71. The Morgan fingerprint density at radius 3 is 2.59 bits per heavy atom. The number of hydrogen-bond donors (Lipinski definition) is 2. The summed E-state index contributed by atoms with van der Waals surface area (Å²) in [4.78, 5) is 0. The highest BCUT2D eigenvalue weighted by molar-refractivity contribution is 5.60. The van der Waals surface area contributed by atoms with Crippen molar-refractivity contribution in [3.8, 4) is 11.5 Å². The average Bonchev–Trinajstić information content (AvgIpc) is 2.73. The number of aryl methyl sites for hydroxylation is 1. The van der Waals surface area contributed by atoms with Crippen molar-refractivity contribution in [2.24, 2.45) is 11.1 Å². The van der Waals surface area contributed by atoms with E-state index in [1.807, 2.05) is 12.1 Å². The molecule has 1 aromatic rings. The third-order valence-corrected chi connectivity index (χ3v) is 3.03. The third-order valence-electron chi connectivity index (χ3n) is 3.03. The number of fused-ring (bicyclic) bond motifs is 1. The van der Waals surface area contributed by atoms with Crippen LogP contribution < -0.4 is 20.5 Å². The van der Waals surface area contributed by atoms with Gasteiger partial charge in [0.25, 0.3) is 0 Å². The summed E-state index contributed by atoms with van der Waals surface area (Å²) in [6.45, 7) is 8.14. The number of anilines is 1. The van der Waals surface area contributed by atoms with Crippen molar-refractivity contribution < 1.29 is 9.47 Å². The molecule has 0 amide bonds. The fraction of sp³-hybridized carbons (Fsp3) is 0.538. The lowest BCUT2D eigenvalue weighted by Gasteiger charge is -2.24. The second kappa shape index (κ2) is 4.45. The van der Waals surface area contributed by atoms with Gasteiger partial charge in [-0.15, -0.1) is 0 Å². The smallest absolute Gasteiger partial charge is 0.231 e. The molecule has 0 aromatic heterocycles. The number of nitrogens with two attached hydrogens (primary N) is 1. The van der Waals surface area contributed by atoms with Crippen LogP contribution in [0.2, 0.25) is 0 Å². The van der Waals surface area contributed by atoms with Gasteiger partial charge in [-0.25, -0.2) is 0 Å². The van der Waals surface area contributed by atoms with Crippen LogP contribution in [-0.4, -0.2) is 19.9 Å². The van der Waals surface area contributed by atoms with Crippen LogP contribution in [0.4, 0.5) is 5.69 Å². The molecule has 0 saturated carbocycles. The van der Waals surface area contributed by atoms with Crippen LogP contribution in [-0.2, 0) is 0 Å². The Morgan fingerprint density at radius 1 is 1.29 bits per heavy atom. The molecule has 0 atom stereocenters. The summed E-state index contributed by atoms with van der Waals surface area (Å²) in [5, 5.41) is 3.42. The molecule has 1 heterocycles. The Labute approximate surface area is 102 Å². The Hall–Kier alpha value is -1.42. The maximum atomic E-state index is 5.71. The Balaban J connectivity index is 2.11. The number of ether oxygens (including phenoxy) is 2. The largest absolute Gasteiger partial charge is 0.454 e. The molecule has 2 rings (SSSR count). The summed E-state index contributed by atoms with van der Waals surface area (Å²) >= 11 is 0. The van der Waals surface area contributed by atoms with E-state index in [0.717, 1.165) is 29.3 Å². The average molecular weight is 236 g/mol. The summed E-state index contributed by atoms with van der Waals surface area (Å²) in [6, 6.07) is 3.99. The standard InChI is InChI=1S/C13H20N2O2/c1-9-4-11-12(17-8-16-11)5-10(9)15-7-13(2,3)6-14/h4-5,15H,6-8,14H2,1-3H3. The molecule has 4 nitrogen and oxygen atoms in total. The van der Waals surface area contributed by atoms with Gasteiger partial charge in [-0.1, -0.05) is 13.8 Å². The van der Waals surface area contributed by atoms with Crippen molar-refractivity contribution in [1.29, 1.82) is 0 Å². The number of benzene rings is 1. The highest BCUT2D eigenvalue weighted by atomic mass is 16.7. The van der Waals surface area contributed by atoms with Gasteiger partial charge in [0, 0.05) is 18.3 Å². The van der Waals surface area contributed by atoms with E-state index in [-0.39, 0.29) is 5.41 Å². The predicted octanol–water partition coefficient (Wildman–Crippen LogP) is 2.12. The van der Waals surface area contributed by atoms with Gasteiger partial charge in [0.1, 0.15) is 0 Å². The molecule has 0 unspecified atom stereocenters. The minimum atomic E-state index is 0.0861. The van der Waals surface area contributed by atoms with Crippen molar-refractivity contribution in [2.45, 2.75) is 20.8 Å². The monoisotopic (exact) mass is 236 g/mol. The summed E-state index contributed by atoms with van der Waals surface area (Å²) < 4.78 is 10.7. The predicted molar refractivity (Wildman–Crippen MR) is 68.6 cm³/mol. The zero-order valence-electron chi connectivity index (χ0n) is 10.7. The highest BCUT2D eigenvalue weighted by Gasteiger charge is 2.18. The van der Waals surface area contributed by atoms with Crippen LogP contribution in [0.3, 0.4) is 0 Å². The topological polar surface area (TPSA) is 56.5 Å². The van der Waals surface area contributed by atoms with Crippen molar-refractivity contribution in [3.63, 3.8) is 0 Å². The normalized spacial score (nSPS) is 13.9. The fourth-order valence-electron chi connectivity index (χ4n) is 1.64. The van der Waals surface area contributed by atoms with E-state index in [2.05, 4.69) is 26.1 Å². The van der Waals surface area contributed by atoms with Crippen LogP contribution in [0, 0.1) is 12.3 Å². The zero-order chi connectivity index (χ0) is 12.5. The molecule has 4 heteroatoms. The van der Waals surface area contributed by atoms with Crippen LogP contribution in [0.15, 0.2) is 12.1 Å². The van der Waals surface area contributed by atoms with Crippen LogP contribution >= 0.6 is 0 Å². The summed E-state index contributed by atoms with van der Waals surface area (Å²) in [5.41, 5.74) is 8.03. The molecule has 0 aliphatic carbocycles. The molecule has 3 N–H and O–H groups in total. The van der Waals surface area contributed by atoms with Crippen LogP contribution in [0.5, 0.6) is 11.5 Å². The molecule has 1 aliphatic heterocycles. The first kappa shape index (κ1) is 12.0. The van der Waals surface area contributed by atoms with Gasteiger partial charge in [-0.05, 0) is 30.5 Å². The Morgan fingerprint density at radius 2 is 1.94 bits per heavy atom. The molecule has 0 fully saturated rings. The van der Waals surface area contributed by atoms with Gasteiger partial charge >= 0.3 is 0 Å².